The van der Waals surface area contributed by atoms with Crippen molar-refractivity contribution in [1.29, 1.82) is 0 Å². The number of hydrogen-bond acceptors (Lipinski definition) is 1. The Hall–Kier alpha value is -0.820. The third-order valence-electron chi connectivity index (χ3n) is 4.72. The van der Waals surface area contributed by atoms with E-state index in [2.05, 4.69) is 31.3 Å². The Morgan fingerprint density at radius 2 is 1.89 bits per heavy atom. The molecule has 0 fully saturated rings. The summed E-state index contributed by atoms with van der Waals surface area (Å²) in [5, 5.41) is 3.70. The summed E-state index contributed by atoms with van der Waals surface area (Å²) < 4.78 is 0. The zero-order valence-corrected chi connectivity index (χ0v) is 11.8. The predicted octanol–water partition coefficient (Wildman–Crippen LogP) is 3.80. The van der Waals surface area contributed by atoms with Gasteiger partial charge in [-0.2, -0.15) is 0 Å². The molecule has 2 unspecified atom stereocenters. The van der Waals surface area contributed by atoms with Crippen LogP contribution >= 0.6 is 0 Å². The lowest BCUT2D eigenvalue weighted by atomic mass is 9.93. The highest BCUT2D eigenvalue weighted by Gasteiger charge is 2.24. The van der Waals surface area contributed by atoms with Crippen LogP contribution in [0.1, 0.15) is 61.4 Å². The van der Waals surface area contributed by atoms with E-state index in [9.17, 15) is 0 Å². The van der Waals surface area contributed by atoms with Crippen LogP contribution in [0.3, 0.4) is 0 Å². The molecule has 0 radical (unpaired) electrons. The van der Waals surface area contributed by atoms with Crippen molar-refractivity contribution in [3.8, 4) is 0 Å². The van der Waals surface area contributed by atoms with Gasteiger partial charge in [0, 0.05) is 6.04 Å². The van der Waals surface area contributed by atoms with Crippen molar-refractivity contribution in [3.05, 3.63) is 34.4 Å². The Morgan fingerprint density at radius 3 is 2.67 bits per heavy atom. The fourth-order valence-electron chi connectivity index (χ4n) is 3.72. The van der Waals surface area contributed by atoms with Gasteiger partial charge in [-0.05, 0) is 73.2 Å². The summed E-state index contributed by atoms with van der Waals surface area (Å²) in [7, 11) is 0. The van der Waals surface area contributed by atoms with E-state index in [1.807, 2.05) is 0 Å². The fourth-order valence-corrected chi connectivity index (χ4v) is 3.72. The predicted molar refractivity (Wildman–Crippen MR) is 77.0 cm³/mol. The average Bonchev–Trinajstić information content (AvgIpc) is 2.75. The Balaban J connectivity index is 2.00. The fraction of sp³-hybridized carbons (Fsp3) is 0.647. The number of fused-ring (bicyclic) bond motifs is 2. The third-order valence-corrected chi connectivity index (χ3v) is 4.72. The first kappa shape index (κ1) is 12.2. The van der Waals surface area contributed by atoms with Crippen LogP contribution in [0.15, 0.2) is 12.1 Å². The molecule has 98 valence electrons. The van der Waals surface area contributed by atoms with Crippen molar-refractivity contribution < 1.29 is 0 Å². The Bertz CT molecular complexity index is 435. The van der Waals surface area contributed by atoms with Gasteiger partial charge in [0.05, 0.1) is 0 Å². The van der Waals surface area contributed by atoms with Gasteiger partial charge in [0.1, 0.15) is 0 Å². The molecule has 1 aromatic carbocycles. The molecule has 3 rings (SSSR count). The van der Waals surface area contributed by atoms with Crippen molar-refractivity contribution in [2.24, 2.45) is 5.92 Å². The second-order valence-corrected chi connectivity index (χ2v) is 6.16. The lowest BCUT2D eigenvalue weighted by molar-refractivity contribution is 0.414. The number of benzene rings is 1. The number of rotatable bonds is 2. The molecule has 0 saturated heterocycles. The molecule has 2 aliphatic rings. The topological polar surface area (TPSA) is 12.0 Å². The molecule has 0 spiro atoms. The monoisotopic (exact) mass is 243 g/mol. The van der Waals surface area contributed by atoms with Crippen molar-refractivity contribution in [1.82, 2.24) is 5.32 Å². The Kier molecular flexibility index (Phi) is 3.43. The van der Waals surface area contributed by atoms with E-state index in [1.165, 1.54) is 38.5 Å². The lowest BCUT2D eigenvalue weighted by Crippen LogP contribution is -2.22. The van der Waals surface area contributed by atoms with Crippen LogP contribution in [0.25, 0.3) is 0 Å². The zero-order valence-electron chi connectivity index (χ0n) is 11.8. The van der Waals surface area contributed by atoms with Crippen LogP contribution in [-0.2, 0) is 19.3 Å². The van der Waals surface area contributed by atoms with Crippen molar-refractivity contribution in [3.63, 3.8) is 0 Å². The van der Waals surface area contributed by atoms with Gasteiger partial charge in [-0.25, -0.2) is 0 Å². The van der Waals surface area contributed by atoms with Crippen LogP contribution < -0.4 is 5.32 Å². The molecule has 2 atom stereocenters. The van der Waals surface area contributed by atoms with Crippen LogP contribution in [0, 0.1) is 5.92 Å². The smallest absolute Gasteiger partial charge is 0.0325 e. The Morgan fingerprint density at radius 1 is 1.11 bits per heavy atom. The van der Waals surface area contributed by atoms with Gasteiger partial charge in [0.2, 0.25) is 0 Å². The van der Waals surface area contributed by atoms with Gasteiger partial charge >= 0.3 is 0 Å². The van der Waals surface area contributed by atoms with Crippen LogP contribution in [0.4, 0.5) is 0 Å². The van der Waals surface area contributed by atoms with Crippen molar-refractivity contribution >= 4 is 0 Å². The molecule has 0 heterocycles. The third kappa shape index (κ3) is 2.21. The molecule has 1 nitrogen and oxygen atoms in total. The van der Waals surface area contributed by atoms with Crippen LogP contribution in [0.2, 0.25) is 0 Å². The molecule has 18 heavy (non-hydrogen) atoms. The molecule has 1 N–H and O–H groups in total. The number of nitrogens with one attached hydrogen (secondary N) is 1. The summed E-state index contributed by atoms with van der Waals surface area (Å²) in [5.41, 5.74) is 6.51. The number of hydrogen-bond donors (Lipinski definition) is 1. The molecule has 2 aliphatic carbocycles. The Labute approximate surface area is 111 Å². The molecule has 0 bridgehead atoms. The van der Waals surface area contributed by atoms with Gasteiger partial charge in [-0.3, -0.25) is 0 Å². The standard InChI is InChI=1S/C17H25N/c1-3-18-17-9-12(2)7-8-15-10-13-5-4-6-14(13)11-16(15)17/h10-12,17-18H,3-9H2,1-2H3. The SMILES string of the molecule is CCNC1CC(C)CCc2cc3c(cc21)CCC3. The first-order valence-corrected chi connectivity index (χ1v) is 7.66. The minimum atomic E-state index is 0.591. The van der Waals surface area contributed by atoms with E-state index < -0.39 is 0 Å². The summed E-state index contributed by atoms with van der Waals surface area (Å²) >= 11 is 0. The molecule has 0 aliphatic heterocycles. The highest BCUT2D eigenvalue weighted by atomic mass is 14.9. The molecule has 0 amide bonds. The largest absolute Gasteiger partial charge is 0.310 e. The maximum atomic E-state index is 3.70. The molecule has 1 heteroatoms. The molecule has 0 aromatic heterocycles. The van der Waals surface area contributed by atoms with Gasteiger partial charge < -0.3 is 5.32 Å². The maximum absolute atomic E-state index is 3.70. The van der Waals surface area contributed by atoms with Crippen molar-refractivity contribution in [2.75, 3.05) is 6.54 Å². The summed E-state index contributed by atoms with van der Waals surface area (Å²) in [6.07, 6.45) is 7.92. The minimum absolute atomic E-state index is 0.591. The summed E-state index contributed by atoms with van der Waals surface area (Å²) in [6.45, 7) is 5.71. The van der Waals surface area contributed by atoms with Gasteiger partial charge in [0.25, 0.3) is 0 Å². The van der Waals surface area contributed by atoms with E-state index >= 15 is 0 Å². The maximum Gasteiger partial charge on any atom is 0.0325 e. The van der Waals surface area contributed by atoms with Gasteiger partial charge in [0.15, 0.2) is 0 Å². The average molecular weight is 243 g/mol. The first-order chi connectivity index (χ1) is 8.78. The summed E-state index contributed by atoms with van der Waals surface area (Å²) in [5.74, 6) is 0.844. The molecular weight excluding hydrogens is 218 g/mol. The van der Waals surface area contributed by atoms with Crippen LogP contribution in [-0.4, -0.2) is 6.54 Å². The normalized spacial score (nSPS) is 26.6. The van der Waals surface area contributed by atoms with E-state index in [4.69, 9.17) is 0 Å². The summed E-state index contributed by atoms with van der Waals surface area (Å²) in [4.78, 5) is 0. The molecule has 0 saturated carbocycles. The summed E-state index contributed by atoms with van der Waals surface area (Å²) in [6, 6.07) is 5.65. The van der Waals surface area contributed by atoms with Gasteiger partial charge in [-0.1, -0.05) is 26.0 Å². The lowest BCUT2D eigenvalue weighted by Gasteiger charge is -2.21. The van der Waals surface area contributed by atoms with Gasteiger partial charge in [-0.15, -0.1) is 0 Å². The highest BCUT2D eigenvalue weighted by molar-refractivity contribution is 5.43. The number of aryl methyl sites for hydroxylation is 3. The van der Waals surface area contributed by atoms with E-state index in [0.29, 0.717) is 6.04 Å². The van der Waals surface area contributed by atoms with Crippen LogP contribution in [0.5, 0.6) is 0 Å². The van der Waals surface area contributed by atoms with E-state index in [-0.39, 0.29) is 0 Å². The quantitative estimate of drug-likeness (QED) is 0.779. The molecular formula is C17H25N. The van der Waals surface area contributed by atoms with E-state index in [0.717, 1.165) is 12.5 Å². The zero-order chi connectivity index (χ0) is 12.5. The highest BCUT2D eigenvalue weighted by Crippen LogP contribution is 2.35. The second kappa shape index (κ2) is 5.05. The van der Waals surface area contributed by atoms with E-state index in [1.54, 1.807) is 22.3 Å². The van der Waals surface area contributed by atoms with Crippen molar-refractivity contribution in [2.45, 2.75) is 58.4 Å². The molecule has 1 aromatic rings. The second-order valence-electron chi connectivity index (χ2n) is 6.16. The first-order valence-electron chi connectivity index (χ1n) is 7.66. The minimum Gasteiger partial charge on any atom is -0.310 e.